The van der Waals surface area contributed by atoms with Crippen LogP contribution in [0.3, 0.4) is 0 Å². The predicted octanol–water partition coefficient (Wildman–Crippen LogP) is 0.823. The molecule has 0 aliphatic rings. The van der Waals surface area contributed by atoms with E-state index >= 15 is 0 Å². The summed E-state index contributed by atoms with van der Waals surface area (Å²) < 4.78 is 41.3. The van der Waals surface area contributed by atoms with Gasteiger partial charge in [0.2, 0.25) is 1.41 Å². The SMILES string of the molecule is [2H]n1ncc(C(F)(F)F)n1. The van der Waals surface area contributed by atoms with Crippen LogP contribution in [0.4, 0.5) is 13.2 Å². The molecule has 0 radical (unpaired) electrons. The quantitative estimate of drug-likeness (QED) is 0.576. The minimum Gasteiger partial charge on any atom is -0.197 e. The van der Waals surface area contributed by atoms with E-state index in [4.69, 9.17) is 1.41 Å². The van der Waals surface area contributed by atoms with Crippen molar-refractivity contribution >= 4 is 0 Å². The Hall–Kier alpha value is -1.07. The molecule has 9 heavy (non-hydrogen) atoms. The molecule has 0 atom stereocenters. The zero-order valence-electron chi connectivity index (χ0n) is 5.05. The summed E-state index contributed by atoms with van der Waals surface area (Å²) in [5.41, 5.74) is -1.15. The molecule has 0 aromatic carbocycles. The summed E-state index contributed by atoms with van der Waals surface area (Å²) in [7, 11) is 0. The van der Waals surface area contributed by atoms with Gasteiger partial charge in [0.1, 0.15) is 0 Å². The Kier molecular flexibility index (Phi) is 0.909. The summed E-state index contributed by atoms with van der Waals surface area (Å²) in [4.78, 5) is 0. The molecule has 6 heteroatoms. The van der Waals surface area contributed by atoms with Gasteiger partial charge in [0.15, 0.2) is 5.69 Å². The first-order valence-electron chi connectivity index (χ1n) is 2.43. The summed E-state index contributed by atoms with van der Waals surface area (Å²) in [6.45, 7) is 0. The second-order valence-corrected chi connectivity index (χ2v) is 1.32. The summed E-state index contributed by atoms with van der Waals surface area (Å²) in [6, 6.07) is 0. The number of aromatic nitrogens is 3. The van der Waals surface area contributed by atoms with Gasteiger partial charge < -0.3 is 0 Å². The summed E-state index contributed by atoms with van der Waals surface area (Å²) >= 11 is 0. The van der Waals surface area contributed by atoms with Gasteiger partial charge in [-0.3, -0.25) is 0 Å². The lowest BCUT2D eigenvalue weighted by Crippen LogP contribution is -2.04. The van der Waals surface area contributed by atoms with E-state index in [1.165, 1.54) is 0 Å². The van der Waals surface area contributed by atoms with Crippen LogP contribution in [0.25, 0.3) is 0 Å². The van der Waals surface area contributed by atoms with E-state index in [0.29, 0.717) is 6.20 Å². The fourth-order valence-corrected chi connectivity index (χ4v) is 0.310. The fourth-order valence-electron chi connectivity index (χ4n) is 0.310. The van der Waals surface area contributed by atoms with E-state index in [-0.39, 0.29) is 5.21 Å². The third-order valence-corrected chi connectivity index (χ3v) is 0.675. The average molecular weight is 138 g/mol. The first-order chi connectivity index (χ1) is 4.50. The molecule has 0 aliphatic heterocycles. The lowest BCUT2D eigenvalue weighted by Gasteiger charge is -1.97. The van der Waals surface area contributed by atoms with E-state index < -0.39 is 11.9 Å². The molecule has 0 bridgehead atoms. The van der Waals surface area contributed by atoms with Crippen molar-refractivity contribution in [2.45, 2.75) is 6.18 Å². The number of nitrogens with zero attached hydrogens (tertiary/aromatic N) is 2. The molecule has 50 valence electrons. The highest BCUT2D eigenvalue weighted by Crippen LogP contribution is 2.25. The van der Waals surface area contributed by atoms with E-state index in [9.17, 15) is 13.2 Å². The second kappa shape index (κ2) is 1.71. The van der Waals surface area contributed by atoms with Gasteiger partial charge in [0, 0.05) is 0 Å². The molecule has 0 fully saturated rings. The van der Waals surface area contributed by atoms with Gasteiger partial charge in [-0.15, -0.1) is 0 Å². The summed E-state index contributed by atoms with van der Waals surface area (Å²) in [5.74, 6) is 0. The lowest BCUT2D eigenvalue weighted by atomic mass is 10.5. The molecule has 0 spiro atoms. The molecule has 0 amide bonds. The van der Waals surface area contributed by atoms with E-state index in [1.807, 2.05) is 0 Å². The van der Waals surface area contributed by atoms with Crippen LogP contribution in [-0.4, -0.2) is 15.4 Å². The molecule has 1 N–H and O–H groups in total. The zero-order valence-corrected chi connectivity index (χ0v) is 4.05. The van der Waals surface area contributed by atoms with Gasteiger partial charge in [-0.2, -0.15) is 28.6 Å². The smallest absolute Gasteiger partial charge is 0.197 e. The minimum atomic E-state index is -4.50. The van der Waals surface area contributed by atoms with E-state index in [0.717, 1.165) is 0 Å². The Morgan fingerprint density at radius 1 is 1.67 bits per heavy atom. The van der Waals surface area contributed by atoms with Crippen LogP contribution in [0.1, 0.15) is 5.69 Å². The molecule has 3 nitrogen and oxygen atoms in total. The number of alkyl halides is 3. The molecular weight excluding hydrogens is 135 g/mol. The molecular formula is C3H2F3N3. The number of rotatable bonds is 0. The van der Waals surface area contributed by atoms with Crippen LogP contribution in [0.5, 0.6) is 0 Å². The number of H-pyrrole nitrogens is 1. The second-order valence-electron chi connectivity index (χ2n) is 1.32. The van der Waals surface area contributed by atoms with Crippen LogP contribution < -0.4 is 0 Å². The van der Waals surface area contributed by atoms with Crippen LogP contribution in [0, 0.1) is 0 Å². The van der Waals surface area contributed by atoms with E-state index in [1.54, 1.807) is 0 Å². The van der Waals surface area contributed by atoms with Crippen LogP contribution in [0.15, 0.2) is 6.20 Å². The number of nitrogens with one attached hydrogen (secondary N) is 1. The zero-order chi connectivity index (χ0) is 7.78. The standard InChI is InChI=1S/C3H2F3N3/c4-3(5,6)2-1-7-9-8-2/h1H,(H,7,8,9)/i/hD. The Morgan fingerprint density at radius 2 is 2.33 bits per heavy atom. The van der Waals surface area contributed by atoms with Crippen LogP contribution in [-0.2, 0) is 6.18 Å². The van der Waals surface area contributed by atoms with Crippen molar-refractivity contribution in [3.8, 4) is 0 Å². The minimum absolute atomic E-state index is 0.114. The van der Waals surface area contributed by atoms with Crippen LogP contribution >= 0.6 is 0 Å². The van der Waals surface area contributed by atoms with Crippen molar-refractivity contribution in [2.75, 3.05) is 0 Å². The Labute approximate surface area is 49.3 Å². The molecule has 0 unspecified atom stereocenters. The van der Waals surface area contributed by atoms with Crippen LogP contribution in [0.2, 0.25) is 1.41 Å². The number of halogens is 3. The van der Waals surface area contributed by atoms with Crippen molar-refractivity contribution in [1.29, 1.82) is 0 Å². The Balaban J connectivity index is 2.96. The number of aromatic amines is 1. The topological polar surface area (TPSA) is 41.6 Å². The Bertz CT molecular complexity index is 229. The van der Waals surface area contributed by atoms with Gasteiger partial charge in [0.05, 0.1) is 6.20 Å². The molecule has 1 aromatic heterocycles. The maximum Gasteiger partial charge on any atom is 0.436 e. The van der Waals surface area contributed by atoms with Gasteiger partial charge >= 0.3 is 6.18 Å². The van der Waals surface area contributed by atoms with Crippen molar-refractivity contribution < 1.29 is 14.6 Å². The first kappa shape index (κ1) is 4.78. The molecule has 1 aromatic rings. The maximum atomic E-state index is 11.6. The maximum absolute atomic E-state index is 11.6. The normalized spacial score (nSPS) is 13.4. The third-order valence-electron chi connectivity index (χ3n) is 0.675. The monoisotopic (exact) mass is 138 g/mol. The van der Waals surface area contributed by atoms with Crippen molar-refractivity contribution in [3.63, 3.8) is 0 Å². The summed E-state index contributed by atoms with van der Waals surface area (Å²) in [6.07, 6.45) is -4.01. The van der Waals surface area contributed by atoms with Gasteiger partial charge in [-0.05, 0) is 0 Å². The molecule has 0 saturated heterocycles. The van der Waals surface area contributed by atoms with E-state index in [2.05, 4.69) is 10.2 Å². The summed E-state index contributed by atoms with van der Waals surface area (Å²) in [5, 5.41) is 5.78. The lowest BCUT2D eigenvalue weighted by molar-refractivity contribution is -0.141. The highest BCUT2D eigenvalue weighted by Gasteiger charge is 2.33. The number of hydrogen-bond donors (Lipinski definition) is 1. The van der Waals surface area contributed by atoms with Gasteiger partial charge in [-0.25, -0.2) is 0 Å². The number of hydrogen-bond acceptors (Lipinski definition) is 2. The first-order valence-corrected chi connectivity index (χ1v) is 1.99. The molecule has 1 heterocycles. The molecule has 0 saturated carbocycles. The third kappa shape index (κ3) is 1.18. The predicted molar refractivity (Wildman–Crippen MR) is 21.4 cm³/mol. The van der Waals surface area contributed by atoms with Crippen molar-refractivity contribution in [2.24, 2.45) is 0 Å². The highest BCUT2D eigenvalue weighted by molar-refractivity contribution is 4.95. The molecule has 1 rings (SSSR count). The Morgan fingerprint density at radius 3 is 2.56 bits per heavy atom. The highest BCUT2D eigenvalue weighted by atomic mass is 19.4. The fraction of sp³-hybridized carbons (Fsp3) is 0.333. The average Bonchev–Trinajstić information content (AvgIpc) is 2.11. The van der Waals surface area contributed by atoms with Gasteiger partial charge in [-0.1, -0.05) is 0 Å². The van der Waals surface area contributed by atoms with Gasteiger partial charge in [0.25, 0.3) is 0 Å². The van der Waals surface area contributed by atoms with Crippen molar-refractivity contribution in [3.05, 3.63) is 11.9 Å². The van der Waals surface area contributed by atoms with Crippen molar-refractivity contribution in [1.82, 2.24) is 15.4 Å². The largest absolute Gasteiger partial charge is 0.436 e. The molecule has 0 aliphatic carbocycles.